The molecule has 0 bridgehead atoms. The molecule has 0 radical (unpaired) electrons. The number of nitrogens with zero attached hydrogens (tertiary/aromatic N) is 2. The van der Waals surface area contributed by atoms with Gasteiger partial charge in [0.1, 0.15) is 5.58 Å². The van der Waals surface area contributed by atoms with E-state index in [0.29, 0.717) is 0 Å². The van der Waals surface area contributed by atoms with Gasteiger partial charge in [0.15, 0.2) is 0 Å². The van der Waals surface area contributed by atoms with Crippen molar-refractivity contribution in [2.45, 2.75) is 157 Å². The lowest BCUT2D eigenvalue weighted by Gasteiger charge is -2.26. The van der Waals surface area contributed by atoms with Crippen molar-refractivity contribution >= 4 is 87.4 Å². The van der Waals surface area contributed by atoms with Crippen molar-refractivity contribution in [2.24, 2.45) is 0 Å². The average molecular weight is 1010 g/mol. The van der Waals surface area contributed by atoms with E-state index in [-0.39, 0.29) is 32.5 Å². The van der Waals surface area contributed by atoms with Gasteiger partial charge in [-0.2, -0.15) is 0 Å². The molecule has 0 aliphatic heterocycles. The Morgan fingerprint density at radius 3 is 1.13 bits per heavy atom. The van der Waals surface area contributed by atoms with Crippen molar-refractivity contribution in [1.82, 2.24) is 8.80 Å². The Kier molecular flexibility index (Phi) is 10.1. The Labute approximate surface area is 455 Å². The molecule has 8 aromatic carbocycles. The molecule has 0 saturated heterocycles. The minimum absolute atomic E-state index is 0.00173. The predicted molar refractivity (Wildman–Crippen MR) is 334 cm³/mol. The largest absolute Gasteiger partial charge is 0.439 e. The fourth-order valence-corrected chi connectivity index (χ4v) is 12.6. The Morgan fingerprint density at radius 1 is 0.273 bits per heavy atom. The third-order valence-electron chi connectivity index (χ3n) is 17.4. The lowest BCUT2D eigenvalue weighted by molar-refractivity contribution is 0.568. The molecule has 0 N–H and O–H groups in total. The summed E-state index contributed by atoms with van der Waals surface area (Å²) in [5.41, 5.74) is 23.5. The van der Waals surface area contributed by atoms with Gasteiger partial charge in [0.05, 0.1) is 33.0 Å². The second kappa shape index (κ2) is 15.8. The van der Waals surface area contributed by atoms with Crippen molar-refractivity contribution in [3.8, 4) is 33.4 Å². The van der Waals surface area contributed by atoms with Gasteiger partial charge in [0.2, 0.25) is 5.71 Å². The monoisotopic (exact) mass is 1010 g/mol. The molecule has 0 aliphatic rings. The highest BCUT2D eigenvalue weighted by atomic mass is 16.3. The second-order valence-electron chi connectivity index (χ2n) is 29.3. The summed E-state index contributed by atoms with van der Waals surface area (Å²) >= 11 is 0. The third-order valence-corrected chi connectivity index (χ3v) is 17.4. The van der Waals surface area contributed by atoms with Crippen molar-refractivity contribution in [2.75, 3.05) is 0 Å². The number of furan rings is 1. The number of para-hydroxylation sites is 1. The molecule has 77 heavy (non-hydrogen) atoms. The van der Waals surface area contributed by atoms with E-state index in [1.54, 1.807) is 0 Å². The summed E-state index contributed by atoms with van der Waals surface area (Å²) in [6.07, 6.45) is 0. The fourth-order valence-electron chi connectivity index (χ4n) is 12.6. The van der Waals surface area contributed by atoms with Crippen LogP contribution in [-0.4, -0.2) is 8.80 Å². The van der Waals surface area contributed by atoms with E-state index in [0.717, 1.165) is 22.2 Å². The minimum atomic E-state index is -0.0281. The molecule has 3 nitrogen and oxygen atoms in total. The lowest BCUT2D eigenvalue weighted by atomic mass is 9.78. The molecular formula is C74H76N2O. The quantitative estimate of drug-likeness (QED) is 0.173. The van der Waals surface area contributed by atoms with Crippen LogP contribution < -0.4 is 0 Å². The molecular weight excluding hydrogens is 933 g/mol. The zero-order valence-electron chi connectivity index (χ0n) is 49.0. The van der Waals surface area contributed by atoms with Crippen molar-refractivity contribution in [1.29, 1.82) is 0 Å². The van der Waals surface area contributed by atoms with E-state index in [9.17, 15) is 0 Å². The zero-order valence-corrected chi connectivity index (χ0v) is 49.0. The van der Waals surface area contributed by atoms with Crippen LogP contribution in [0.25, 0.3) is 121 Å². The smallest absolute Gasteiger partial charge is 0.213 e. The molecule has 5 heterocycles. The lowest BCUT2D eigenvalue weighted by Crippen LogP contribution is -2.16. The first kappa shape index (κ1) is 49.5. The molecule has 5 aromatic heterocycles. The minimum Gasteiger partial charge on any atom is -0.439 e. The molecule has 0 fully saturated rings. The summed E-state index contributed by atoms with van der Waals surface area (Å²) in [5.74, 6) is 0. The standard InChI is InChI=1S/C74H76N2O/c1-69(2,3)47-27-42(28-48(38-47)70(4,5)6)41-23-25-60-55(33-41)57-35-45(43-29-49(71(7,8)9)39-50(30-43)72(10,11)12)34-56-53-24-26-61-64(67(53)75(60)65(56)57)59-37-46(44-31-51(73(13,14)15)40-52(32-44)74(16,17)18)36-58-63-54-21-19-20-22-62(54)77-68(63)76(61)66(58)59/h19-40H,1-18H3. The maximum absolute atomic E-state index is 7.02. The normalized spacial score (nSPS) is 13.8. The molecule has 0 aliphatic carbocycles. The molecule has 388 valence electrons. The number of rotatable bonds is 3. The summed E-state index contributed by atoms with van der Waals surface area (Å²) in [7, 11) is 0. The Morgan fingerprint density at radius 2 is 0.649 bits per heavy atom. The van der Waals surface area contributed by atoms with Crippen LogP contribution in [0.15, 0.2) is 138 Å². The van der Waals surface area contributed by atoms with Crippen LogP contribution in [-0.2, 0) is 32.5 Å². The topological polar surface area (TPSA) is 22.0 Å². The van der Waals surface area contributed by atoms with Crippen LogP contribution >= 0.6 is 0 Å². The number of benzene rings is 8. The number of hydrogen-bond acceptors (Lipinski definition) is 1. The third kappa shape index (κ3) is 7.56. The fraction of sp³-hybridized carbons (Fsp3) is 0.324. The highest BCUT2D eigenvalue weighted by Crippen LogP contribution is 2.51. The summed E-state index contributed by atoms with van der Waals surface area (Å²) in [5, 5.41) is 11.2. The Bertz CT molecular complexity index is 4500. The Balaban J connectivity index is 1.20. The molecule has 0 atom stereocenters. The van der Waals surface area contributed by atoms with Crippen LogP contribution in [0.1, 0.15) is 158 Å². The summed E-state index contributed by atoms with van der Waals surface area (Å²) in [4.78, 5) is 0. The summed E-state index contributed by atoms with van der Waals surface area (Å²) in [6.45, 7) is 42.2. The molecule has 0 spiro atoms. The van der Waals surface area contributed by atoms with E-state index >= 15 is 0 Å². The van der Waals surface area contributed by atoms with E-state index in [1.807, 2.05) is 0 Å². The molecule has 3 heteroatoms. The first-order valence-electron chi connectivity index (χ1n) is 28.2. The van der Waals surface area contributed by atoms with Crippen LogP contribution in [0.3, 0.4) is 0 Å². The van der Waals surface area contributed by atoms with Crippen LogP contribution in [0.2, 0.25) is 0 Å². The second-order valence-corrected chi connectivity index (χ2v) is 29.3. The van der Waals surface area contributed by atoms with Gasteiger partial charge in [-0.1, -0.05) is 210 Å². The first-order chi connectivity index (χ1) is 35.9. The van der Waals surface area contributed by atoms with Gasteiger partial charge in [-0.25, -0.2) is 0 Å². The van der Waals surface area contributed by atoms with Gasteiger partial charge in [-0.15, -0.1) is 0 Å². The zero-order chi connectivity index (χ0) is 54.6. The molecule has 13 rings (SSSR count). The molecule has 0 unspecified atom stereocenters. The van der Waals surface area contributed by atoms with Crippen LogP contribution in [0.4, 0.5) is 0 Å². The highest BCUT2D eigenvalue weighted by molar-refractivity contribution is 6.35. The van der Waals surface area contributed by atoms with Gasteiger partial charge >= 0.3 is 0 Å². The number of fused-ring (bicyclic) bond motifs is 15. The van der Waals surface area contributed by atoms with Crippen molar-refractivity contribution in [3.63, 3.8) is 0 Å². The maximum atomic E-state index is 7.02. The highest BCUT2D eigenvalue weighted by Gasteiger charge is 2.30. The van der Waals surface area contributed by atoms with E-state index < -0.39 is 0 Å². The van der Waals surface area contributed by atoms with E-state index in [1.165, 1.54) is 132 Å². The van der Waals surface area contributed by atoms with E-state index in [4.69, 9.17) is 4.42 Å². The van der Waals surface area contributed by atoms with E-state index in [2.05, 4.69) is 267 Å². The maximum Gasteiger partial charge on any atom is 0.213 e. The van der Waals surface area contributed by atoms with Gasteiger partial charge in [-0.05, 0) is 148 Å². The van der Waals surface area contributed by atoms with Gasteiger partial charge in [-0.3, -0.25) is 4.40 Å². The molecule has 0 amide bonds. The molecule has 0 saturated carbocycles. The number of hydrogen-bond donors (Lipinski definition) is 0. The summed E-state index contributed by atoms with van der Waals surface area (Å²) in [6, 6.07) is 52.7. The van der Waals surface area contributed by atoms with Gasteiger partial charge < -0.3 is 8.82 Å². The molecule has 13 aromatic rings. The van der Waals surface area contributed by atoms with Crippen LogP contribution in [0.5, 0.6) is 0 Å². The first-order valence-corrected chi connectivity index (χ1v) is 28.2. The SMILES string of the molecule is CC(C)(C)c1cc(-c2ccc3c(c2)c2cc(-c4cc(C(C)(C)C)cc(C(C)(C)C)c4)cc4c5ccc6c(c7cc(-c8cc(C(C)(C)C)cc(C(C)(C)C)c8)cc8c9c%10ccccc%10oc9n6c87)c5n3c24)cc(C(C)(C)C)c1. The average Bonchev–Trinajstić information content (AvgIpc) is 4.36. The van der Waals surface area contributed by atoms with Crippen molar-refractivity contribution in [3.05, 3.63) is 167 Å². The summed E-state index contributed by atoms with van der Waals surface area (Å²) < 4.78 is 12.1. The Hall–Kier alpha value is -7.10. The number of aromatic nitrogens is 2. The van der Waals surface area contributed by atoms with Crippen LogP contribution in [0, 0.1) is 0 Å². The van der Waals surface area contributed by atoms with Gasteiger partial charge in [0, 0.05) is 43.1 Å². The van der Waals surface area contributed by atoms with Crippen molar-refractivity contribution < 1.29 is 4.42 Å². The predicted octanol–water partition coefficient (Wildman–Crippen LogP) is 21.5. The van der Waals surface area contributed by atoms with Gasteiger partial charge in [0.25, 0.3) is 0 Å².